The van der Waals surface area contributed by atoms with E-state index >= 15 is 0 Å². The summed E-state index contributed by atoms with van der Waals surface area (Å²) in [6, 6.07) is 14.3. The summed E-state index contributed by atoms with van der Waals surface area (Å²) in [7, 11) is 0. The van der Waals surface area contributed by atoms with Gasteiger partial charge in [-0.2, -0.15) is 0 Å². The average Bonchev–Trinajstić information content (AvgIpc) is 3.25. The molecule has 1 saturated carbocycles. The second kappa shape index (κ2) is 10.5. The van der Waals surface area contributed by atoms with Crippen LogP contribution in [0.15, 0.2) is 54.6 Å². The van der Waals surface area contributed by atoms with Crippen molar-refractivity contribution in [3.05, 3.63) is 65.7 Å². The first kappa shape index (κ1) is 24.3. The van der Waals surface area contributed by atoms with Crippen molar-refractivity contribution in [3.8, 4) is 0 Å². The minimum absolute atomic E-state index is 0.0977. The van der Waals surface area contributed by atoms with E-state index in [1.54, 1.807) is 75.4 Å². The van der Waals surface area contributed by atoms with Crippen LogP contribution >= 0.6 is 0 Å². The van der Waals surface area contributed by atoms with Crippen molar-refractivity contribution in [1.82, 2.24) is 4.90 Å². The third-order valence-electron chi connectivity index (χ3n) is 5.38. The van der Waals surface area contributed by atoms with Crippen molar-refractivity contribution in [2.24, 2.45) is 0 Å². The Morgan fingerprint density at radius 1 is 1.00 bits per heavy atom. The Labute approximate surface area is 194 Å². The van der Waals surface area contributed by atoms with Gasteiger partial charge < -0.3 is 15.2 Å². The summed E-state index contributed by atoms with van der Waals surface area (Å²) >= 11 is 0. The minimum atomic E-state index is -1.25. The molecule has 2 N–H and O–H groups in total. The maximum atomic E-state index is 13.5. The molecule has 0 radical (unpaired) electrons. The van der Waals surface area contributed by atoms with Crippen LogP contribution in [0, 0.1) is 0 Å². The van der Waals surface area contributed by atoms with Crippen molar-refractivity contribution in [3.63, 3.8) is 0 Å². The molecule has 0 spiro atoms. The molecular formula is C26H32N2O5. The molecule has 7 heteroatoms. The third-order valence-corrected chi connectivity index (χ3v) is 5.38. The quantitative estimate of drug-likeness (QED) is 0.499. The molecule has 2 amide bonds. The number of carbonyl (C=O) groups is 3. The van der Waals surface area contributed by atoms with Gasteiger partial charge in [0.1, 0.15) is 11.7 Å². The molecule has 3 rings (SSSR count). The van der Waals surface area contributed by atoms with Crippen LogP contribution in [0.25, 0.3) is 0 Å². The van der Waals surface area contributed by atoms with E-state index in [1.165, 1.54) is 0 Å². The molecule has 2 aromatic rings. The maximum Gasteiger partial charge on any atom is 0.418 e. The van der Waals surface area contributed by atoms with E-state index in [0.717, 1.165) is 30.6 Å². The van der Waals surface area contributed by atoms with Gasteiger partial charge in [0.05, 0.1) is 6.42 Å². The fourth-order valence-corrected chi connectivity index (χ4v) is 3.82. The van der Waals surface area contributed by atoms with E-state index in [-0.39, 0.29) is 12.5 Å². The van der Waals surface area contributed by atoms with Crippen LogP contribution in [0.1, 0.15) is 63.6 Å². The molecular weight excluding hydrogens is 420 g/mol. The predicted molar refractivity (Wildman–Crippen MR) is 125 cm³/mol. The first-order chi connectivity index (χ1) is 15.6. The number of anilines is 1. The van der Waals surface area contributed by atoms with Crippen LogP contribution < -0.4 is 5.73 Å². The number of nitrogens with zero attached hydrogens (tertiary/aromatic N) is 1. The number of hydrogen-bond donors (Lipinski definition) is 1. The van der Waals surface area contributed by atoms with E-state index in [4.69, 9.17) is 15.2 Å². The lowest BCUT2D eigenvalue weighted by Crippen LogP contribution is -2.47. The van der Waals surface area contributed by atoms with Gasteiger partial charge in [0.2, 0.25) is 5.91 Å². The highest BCUT2D eigenvalue weighted by atomic mass is 16.6. The molecule has 176 valence electrons. The SMILES string of the molecule is CC(C)(C)OC(=O)N(C(=O)Cc1ccc(N)cc1)[C@H](C(=O)OC1CCCC1)c1ccccc1. The number of hydrogen-bond acceptors (Lipinski definition) is 6. The minimum Gasteiger partial charge on any atom is -0.461 e. The predicted octanol–water partition coefficient (Wildman–Crippen LogP) is 4.80. The average molecular weight is 453 g/mol. The summed E-state index contributed by atoms with van der Waals surface area (Å²) in [5, 5.41) is 0. The number of rotatable bonds is 6. The van der Waals surface area contributed by atoms with E-state index in [9.17, 15) is 14.4 Å². The van der Waals surface area contributed by atoms with E-state index in [1.807, 2.05) is 0 Å². The summed E-state index contributed by atoms with van der Waals surface area (Å²) in [4.78, 5) is 41.0. The van der Waals surface area contributed by atoms with E-state index < -0.39 is 29.6 Å². The van der Waals surface area contributed by atoms with Gasteiger partial charge >= 0.3 is 12.1 Å². The molecule has 7 nitrogen and oxygen atoms in total. The zero-order valence-electron chi connectivity index (χ0n) is 19.5. The molecule has 0 unspecified atom stereocenters. The zero-order chi connectivity index (χ0) is 24.0. The molecule has 0 saturated heterocycles. The molecule has 1 aliphatic rings. The number of amides is 2. The fourth-order valence-electron chi connectivity index (χ4n) is 3.82. The van der Waals surface area contributed by atoms with Crippen molar-refractivity contribution in [2.45, 2.75) is 70.6 Å². The van der Waals surface area contributed by atoms with E-state index in [0.29, 0.717) is 16.8 Å². The molecule has 1 fully saturated rings. The van der Waals surface area contributed by atoms with Crippen LogP contribution in [0.4, 0.5) is 10.5 Å². The van der Waals surface area contributed by atoms with Gasteiger partial charge in [0.25, 0.3) is 0 Å². The molecule has 0 aromatic heterocycles. The van der Waals surface area contributed by atoms with Crippen LogP contribution in [-0.4, -0.2) is 34.6 Å². The lowest BCUT2D eigenvalue weighted by molar-refractivity contribution is -0.159. The number of carbonyl (C=O) groups excluding carboxylic acids is 3. The lowest BCUT2D eigenvalue weighted by atomic mass is 10.0. The van der Waals surface area contributed by atoms with Crippen LogP contribution in [-0.2, 0) is 25.5 Å². The summed E-state index contributed by atoms with van der Waals surface area (Å²) in [6.07, 6.45) is 2.33. The van der Waals surface area contributed by atoms with Crippen molar-refractivity contribution in [1.29, 1.82) is 0 Å². The highest BCUT2D eigenvalue weighted by molar-refractivity contribution is 5.98. The summed E-state index contributed by atoms with van der Waals surface area (Å²) < 4.78 is 11.3. The Morgan fingerprint density at radius 3 is 2.18 bits per heavy atom. The van der Waals surface area contributed by atoms with Crippen LogP contribution in [0.2, 0.25) is 0 Å². The van der Waals surface area contributed by atoms with Gasteiger partial charge in [-0.05, 0) is 69.7 Å². The highest BCUT2D eigenvalue weighted by Crippen LogP contribution is 2.29. The number of benzene rings is 2. The topological polar surface area (TPSA) is 98.9 Å². The standard InChI is InChI=1S/C26H32N2O5/c1-26(2,3)33-25(31)28(22(29)17-18-13-15-20(27)16-14-18)23(19-9-5-4-6-10-19)24(30)32-21-11-7-8-12-21/h4-6,9-10,13-16,21,23H,7-8,11-12,17,27H2,1-3H3/t23-/m0/s1. The Hall–Kier alpha value is -3.35. The van der Waals surface area contributed by atoms with Crippen LogP contribution in [0.3, 0.4) is 0 Å². The number of nitrogen functional groups attached to an aromatic ring is 1. The molecule has 0 bridgehead atoms. The smallest absolute Gasteiger partial charge is 0.418 e. The Balaban J connectivity index is 1.97. The summed E-state index contributed by atoms with van der Waals surface area (Å²) in [5.41, 5.74) is 6.61. The Kier molecular flexibility index (Phi) is 7.74. The van der Waals surface area contributed by atoms with Crippen LogP contribution in [0.5, 0.6) is 0 Å². The number of esters is 1. The van der Waals surface area contributed by atoms with Gasteiger partial charge in [-0.1, -0.05) is 42.5 Å². The molecule has 0 aliphatic heterocycles. The normalized spacial score (nSPS) is 15.0. The first-order valence-corrected chi connectivity index (χ1v) is 11.3. The fraction of sp³-hybridized carbons (Fsp3) is 0.423. The van der Waals surface area contributed by atoms with Gasteiger partial charge in [0, 0.05) is 5.69 Å². The largest absolute Gasteiger partial charge is 0.461 e. The highest BCUT2D eigenvalue weighted by Gasteiger charge is 2.40. The van der Waals surface area contributed by atoms with E-state index in [2.05, 4.69) is 0 Å². The first-order valence-electron chi connectivity index (χ1n) is 11.3. The molecule has 2 aromatic carbocycles. The Bertz CT molecular complexity index is 960. The Morgan fingerprint density at radius 2 is 1.61 bits per heavy atom. The number of imide groups is 1. The zero-order valence-corrected chi connectivity index (χ0v) is 19.5. The second-order valence-corrected chi connectivity index (χ2v) is 9.32. The van der Waals surface area contributed by atoms with Gasteiger partial charge in [-0.3, -0.25) is 4.79 Å². The van der Waals surface area contributed by atoms with Gasteiger partial charge in [-0.25, -0.2) is 14.5 Å². The monoisotopic (exact) mass is 452 g/mol. The maximum absolute atomic E-state index is 13.5. The molecule has 1 atom stereocenters. The van der Waals surface area contributed by atoms with Crippen molar-refractivity contribution < 1.29 is 23.9 Å². The third kappa shape index (κ3) is 6.81. The number of ether oxygens (including phenoxy) is 2. The van der Waals surface area contributed by atoms with Crippen molar-refractivity contribution >= 4 is 23.7 Å². The van der Waals surface area contributed by atoms with Gasteiger partial charge in [0.15, 0.2) is 6.04 Å². The van der Waals surface area contributed by atoms with Gasteiger partial charge in [-0.15, -0.1) is 0 Å². The van der Waals surface area contributed by atoms with Crippen molar-refractivity contribution in [2.75, 3.05) is 5.73 Å². The summed E-state index contributed by atoms with van der Waals surface area (Å²) in [6.45, 7) is 5.13. The number of nitrogens with two attached hydrogens (primary N) is 1. The lowest BCUT2D eigenvalue weighted by Gasteiger charge is -2.32. The molecule has 0 heterocycles. The molecule has 33 heavy (non-hydrogen) atoms. The molecule has 1 aliphatic carbocycles. The second-order valence-electron chi connectivity index (χ2n) is 9.32. The summed E-state index contributed by atoms with van der Waals surface area (Å²) in [5.74, 6) is -1.20.